The highest BCUT2D eigenvalue weighted by atomic mass is 35.5. The fraction of sp³-hybridized carbons (Fsp3) is 0.556. The van der Waals surface area contributed by atoms with Gasteiger partial charge in [-0.3, -0.25) is 0 Å². The van der Waals surface area contributed by atoms with Gasteiger partial charge in [0.05, 0.1) is 11.2 Å². The molecule has 1 unspecified atom stereocenters. The molecule has 2 aromatic rings. The van der Waals surface area contributed by atoms with Crippen LogP contribution in [0, 0.1) is 0 Å². The number of ether oxygens (including phenoxy) is 2. The van der Waals surface area contributed by atoms with Crippen LogP contribution in [0.4, 0.5) is 5.95 Å². The first-order valence-electron chi connectivity index (χ1n) is 8.86. The molecule has 0 aromatic carbocycles. The Bertz CT molecular complexity index is 765. The van der Waals surface area contributed by atoms with Crippen molar-refractivity contribution < 1.29 is 9.47 Å². The van der Waals surface area contributed by atoms with Gasteiger partial charge in [0.2, 0.25) is 5.95 Å². The normalized spacial score (nSPS) is 17.4. The molecule has 1 atom stereocenters. The van der Waals surface area contributed by atoms with Gasteiger partial charge < -0.3 is 19.7 Å². The van der Waals surface area contributed by atoms with Gasteiger partial charge in [-0.2, -0.15) is 0 Å². The molecule has 1 fully saturated rings. The average molecular weight is 393 g/mol. The van der Waals surface area contributed by atoms with Crippen molar-refractivity contribution >= 4 is 17.5 Å². The molecule has 3 heterocycles. The molecular weight excluding hydrogens is 368 g/mol. The van der Waals surface area contributed by atoms with E-state index in [4.69, 9.17) is 21.1 Å². The molecule has 0 saturated carbocycles. The molecule has 0 spiro atoms. The second-order valence-electron chi connectivity index (χ2n) is 7.52. The van der Waals surface area contributed by atoms with Crippen LogP contribution in [0.25, 0.3) is 11.4 Å². The molecule has 27 heavy (non-hydrogen) atoms. The summed E-state index contributed by atoms with van der Waals surface area (Å²) in [4.78, 5) is 10.9. The van der Waals surface area contributed by atoms with Gasteiger partial charge in [-0.15, -0.1) is 10.2 Å². The molecule has 1 aliphatic heterocycles. The lowest BCUT2D eigenvalue weighted by molar-refractivity contribution is 0.0513. The maximum atomic E-state index is 6.01. The Morgan fingerprint density at radius 1 is 1.26 bits per heavy atom. The number of hydrogen-bond donors (Lipinski definition) is 1. The van der Waals surface area contributed by atoms with E-state index in [2.05, 4.69) is 51.2 Å². The second-order valence-corrected chi connectivity index (χ2v) is 7.96. The lowest BCUT2D eigenvalue weighted by Crippen LogP contribution is -2.45. The number of aromatic nitrogens is 4. The number of halogens is 1. The number of pyridine rings is 1. The Morgan fingerprint density at radius 2 is 2.07 bits per heavy atom. The first kappa shape index (κ1) is 19.7. The molecule has 2 aromatic heterocycles. The molecule has 0 radical (unpaired) electrons. The third-order valence-corrected chi connectivity index (χ3v) is 4.26. The van der Waals surface area contributed by atoms with E-state index in [9.17, 15) is 0 Å². The fourth-order valence-corrected chi connectivity index (χ4v) is 3.19. The Labute approximate surface area is 164 Å². The van der Waals surface area contributed by atoms with Crippen molar-refractivity contribution in [3.05, 3.63) is 23.5 Å². The summed E-state index contributed by atoms with van der Waals surface area (Å²) >= 11 is 6.01. The third kappa shape index (κ3) is 5.24. The Kier molecular flexibility index (Phi) is 6.08. The van der Waals surface area contributed by atoms with Crippen LogP contribution in [-0.4, -0.2) is 58.7 Å². The quantitative estimate of drug-likeness (QED) is 0.750. The van der Waals surface area contributed by atoms with Crippen molar-refractivity contribution in [2.45, 2.75) is 38.8 Å². The monoisotopic (exact) mass is 392 g/mol. The molecule has 9 heteroatoms. The maximum Gasteiger partial charge on any atom is 0.245 e. The second kappa shape index (κ2) is 8.33. The number of anilines is 1. The smallest absolute Gasteiger partial charge is 0.245 e. The van der Waals surface area contributed by atoms with Crippen LogP contribution < -0.4 is 15.0 Å². The standard InChI is InChI=1S/C18H25ClN6O2/c1-18(2,3)22-13-5-6-25(10-13)17-21-9-14(23-24-17)16-15(27-11-26-4)7-12(19)8-20-16/h7-9,13,22H,5-6,10-11H2,1-4H3. The predicted octanol–water partition coefficient (Wildman–Crippen LogP) is 2.54. The van der Waals surface area contributed by atoms with Crippen molar-refractivity contribution in [2.75, 3.05) is 31.9 Å². The molecule has 146 valence electrons. The van der Waals surface area contributed by atoms with Gasteiger partial charge in [0.15, 0.2) is 12.5 Å². The van der Waals surface area contributed by atoms with Gasteiger partial charge in [0.25, 0.3) is 0 Å². The first-order valence-corrected chi connectivity index (χ1v) is 9.23. The number of nitrogens with zero attached hydrogens (tertiary/aromatic N) is 5. The summed E-state index contributed by atoms with van der Waals surface area (Å²) in [6.07, 6.45) is 4.24. The van der Waals surface area contributed by atoms with Gasteiger partial charge >= 0.3 is 0 Å². The zero-order chi connectivity index (χ0) is 19.4. The SMILES string of the molecule is COCOc1cc(Cl)cnc1-c1cnc(N2CCC(NC(C)(C)C)C2)nn1. The summed E-state index contributed by atoms with van der Waals surface area (Å²) < 4.78 is 10.5. The van der Waals surface area contributed by atoms with E-state index in [1.54, 1.807) is 19.4 Å². The minimum atomic E-state index is 0.0858. The largest absolute Gasteiger partial charge is 0.465 e. The summed E-state index contributed by atoms with van der Waals surface area (Å²) in [6.45, 7) is 8.36. The number of nitrogens with one attached hydrogen (secondary N) is 1. The van der Waals surface area contributed by atoms with Gasteiger partial charge in [0, 0.05) is 44.0 Å². The van der Waals surface area contributed by atoms with Crippen molar-refractivity contribution in [1.82, 2.24) is 25.5 Å². The van der Waals surface area contributed by atoms with Gasteiger partial charge in [-0.05, 0) is 27.2 Å². The van der Waals surface area contributed by atoms with E-state index in [0.717, 1.165) is 19.5 Å². The molecule has 8 nitrogen and oxygen atoms in total. The molecule has 3 rings (SSSR count). The van der Waals surface area contributed by atoms with Crippen molar-refractivity contribution in [3.63, 3.8) is 0 Å². The first-order chi connectivity index (χ1) is 12.9. The van der Waals surface area contributed by atoms with Crippen LogP contribution in [0.3, 0.4) is 0 Å². The Hall–Kier alpha value is -2.03. The third-order valence-electron chi connectivity index (χ3n) is 4.05. The van der Waals surface area contributed by atoms with E-state index in [0.29, 0.717) is 34.2 Å². The number of hydrogen-bond acceptors (Lipinski definition) is 8. The topological polar surface area (TPSA) is 85.3 Å². The van der Waals surface area contributed by atoms with E-state index in [1.165, 1.54) is 6.20 Å². The maximum absolute atomic E-state index is 6.01. The lowest BCUT2D eigenvalue weighted by Gasteiger charge is -2.25. The van der Waals surface area contributed by atoms with E-state index in [-0.39, 0.29) is 12.3 Å². The summed E-state index contributed by atoms with van der Waals surface area (Å²) in [7, 11) is 1.55. The van der Waals surface area contributed by atoms with Crippen LogP contribution in [0.1, 0.15) is 27.2 Å². The van der Waals surface area contributed by atoms with Crippen LogP contribution >= 0.6 is 11.6 Å². The summed E-state index contributed by atoms with van der Waals surface area (Å²) in [5.74, 6) is 1.09. The van der Waals surface area contributed by atoms with Gasteiger partial charge in [0.1, 0.15) is 11.4 Å². The average Bonchev–Trinajstić information content (AvgIpc) is 3.07. The van der Waals surface area contributed by atoms with Gasteiger partial charge in [-0.1, -0.05) is 11.6 Å². The molecular formula is C18H25ClN6O2. The highest BCUT2D eigenvalue weighted by Gasteiger charge is 2.27. The number of methoxy groups -OCH3 is 1. The van der Waals surface area contributed by atoms with Crippen LogP contribution in [0.2, 0.25) is 5.02 Å². The van der Waals surface area contributed by atoms with Crippen molar-refractivity contribution in [1.29, 1.82) is 0 Å². The van der Waals surface area contributed by atoms with E-state index < -0.39 is 0 Å². The highest BCUT2D eigenvalue weighted by Crippen LogP contribution is 2.29. The highest BCUT2D eigenvalue weighted by molar-refractivity contribution is 6.30. The van der Waals surface area contributed by atoms with Crippen LogP contribution in [0.15, 0.2) is 18.5 Å². The minimum Gasteiger partial charge on any atom is -0.465 e. The zero-order valence-corrected chi connectivity index (χ0v) is 16.8. The molecule has 1 saturated heterocycles. The Morgan fingerprint density at radius 3 is 2.74 bits per heavy atom. The lowest BCUT2D eigenvalue weighted by atomic mass is 10.1. The predicted molar refractivity (Wildman–Crippen MR) is 104 cm³/mol. The van der Waals surface area contributed by atoms with Crippen molar-refractivity contribution in [3.8, 4) is 17.1 Å². The fourth-order valence-electron chi connectivity index (χ4n) is 3.04. The Balaban J connectivity index is 1.73. The number of rotatable bonds is 6. The summed E-state index contributed by atoms with van der Waals surface area (Å²) in [5.41, 5.74) is 1.13. The van der Waals surface area contributed by atoms with E-state index in [1.807, 2.05) is 0 Å². The summed E-state index contributed by atoms with van der Waals surface area (Å²) in [6, 6.07) is 2.09. The van der Waals surface area contributed by atoms with Crippen molar-refractivity contribution in [2.24, 2.45) is 0 Å². The molecule has 0 aliphatic carbocycles. The molecule has 0 bridgehead atoms. The minimum absolute atomic E-state index is 0.0858. The van der Waals surface area contributed by atoms with Gasteiger partial charge in [-0.25, -0.2) is 9.97 Å². The molecule has 0 amide bonds. The van der Waals surface area contributed by atoms with E-state index >= 15 is 0 Å². The molecule has 1 N–H and O–H groups in total. The summed E-state index contributed by atoms with van der Waals surface area (Å²) in [5, 5.41) is 12.7. The van der Waals surface area contributed by atoms with Crippen LogP contribution in [0.5, 0.6) is 5.75 Å². The van der Waals surface area contributed by atoms with Crippen LogP contribution in [-0.2, 0) is 4.74 Å². The zero-order valence-electron chi connectivity index (χ0n) is 16.1. The molecule has 1 aliphatic rings.